The van der Waals surface area contributed by atoms with Gasteiger partial charge in [0.25, 0.3) is 0 Å². The van der Waals surface area contributed by atoms with Crippen molar-refractivity contribution in [3.8, 4) is 0 Å². The predicted molar refractivity (Wildman–Crippen MR) is 98.8 cm³/mol. The standard InChI is InChI=1S/C20H25N3O4/c1-10(2)15-13-14(18(25)23(17(13)24)8-9-27-4)20(22-15)12-7-5-6-11(3)16(12)21-19(20)26/h5-7,10,13-15,22H,8-9H2,1-4H3,(H,21,26). The number of anilines is 1. The first-order chi connectivity index (χ1) is 12.8. The van der Waals surface area contributed by atoms with Gasteiger partial charge in [-0.25, -0.2) is 0 Å². The highest BCUT2D eigenvalue weighted by Gasteiger charge is 2.70. The lowest BCUT2D eigenvalue weighted by molar-refractivity contribution is -0.143. The summed E-state index contributed by atoms with van der Waals surface area (Å²) in [7, 11) is 1.54. The third-order valence-electron chi connectivity index (χ3n) is 6.22. The summed E-state index contributed by atoms with van der Waals surface area (Å²) in [6.45, 7) is 6.44. The molecule has 27 heavy (non-hydrogen) atoms. The zero-order valence-corrected chi connectivity index (χ0v) is 16.0. The summed E-state index contributed by atoms with van der Waals surface area (Å²) in [5, 5.41) is 6.38. The largest absolute Gasteiger partial charge is 0.383 e. The fourth-order valence-corrected chi connectivity index (χ4v) is 4.94. The van der Waals surface area contributed by atoms with E-state index in [2.05, 4.69) is 10.6 Å². The lowest BCUT2D eigenvalue weighted by atomic mass is 9.75. The molecule has 4 rings (SSSR count). The Balaban J connectivity index is 1.87. The van der Waals surface area contributed by atoms with Crippen LogP contribution in [0.1, 0.15) is 25.0 Å². The number of imide groups is 1. The zero-order valence-electron chi connectivity index (χ0n) is 16.0. The van der Waals surface area contributed by atoms with Gasteiger partial charge >= 0.3 is 0 Å². The number of carbonyl (C=O) groups excluding carboxylic acids is 3. The van der Waals surface area contributed by atoms with Crippen molar-refractivity contribution in [3.63, 3.8) is 0 Å². The highest BCUT2D eigenvalue weighted by molar-refractivity contribution is 6.15. The van der Waals surface area contributed by atoms with E-state index < -0.39 is 17.4 Å². The highest BCUT2D eigenvalue weighted by atomic mass is 16.5. The molecule has 1 aromatic rings. The Hall–Kier alpha value is -2.25. The fourth-order valence-electron chi connectivity index (χ4n) is 4.94. The van der Waals surface area contributed by atoms with Gasteiger partial charge in [0.15, 0.2) is 0 Å². The number of carbonyl (C=O) groups is 3. The Kier molecular flexibility index (Phi) is 4.12. The minimum absolute atomic E-state index is 0.0951. The molecule has 0 aromatic heterocycles. The maximum Gasteiger partial charge on any atom is 0.250 e. The number of aryl methyl sites for hydroxylation is 1. The molecule has 3 amide bonds. The van der Waals surface area contributed by atoms with Crippen LogP contribution in [0, 0.1) is 24.7 Å². The van der Waals surface area contributed by atoms with E-state index >= 15 is 0 Å². The molecule has 0 aliphatic carbocycles. The molecule has 3 heterocycles. The number of nitrogens with zero attached hydrogens (tertiary/aromatic N) is 1. The minimum atomic E-state index is -1.20. The van der Waals surface area contributed by atoms with Crippen molar-refractivity contribution >= 4 is 23.4 Å². The zero-order chi connectivity index (χ0) is 19.5. The maximum atomic E-state index is 13.3. The average Bonchev–Trinajstić information content (AvgIpc) is 3.21. The molecule has 0 radical (unpaired) electrons. The molecule has 1 spiro atoms. The van der Waals surface area contributed by atoms with Crippen LogP contribution in [0.25, 0.3) is 0 Å². The highest BCUT2D eigenvalue weighted by Crippen LogP contribution is 2.54. The van der Waals surface area contributed by atoms with Gasteiger partial charge in [-0.2, -0.15) is 0 Å². The van der Waals surface area contributed by atoms with Gasteiger partial charge < -0.3 is 10.1 Å². The Labute approximate surface area is 158 Å². The topological polar surface area (TPSA) is 87.7 Å². The molecular weight excluding hydrogens is 346 g/mol. The van der Waals surface area contributed by atoms with E-state index in [4.69, 9.17) is 4.74 Å². The van der Waals surface area contributed by atoms with E-state index in [1.807, 2.05) is 39.0 Å². The summed E-state index contributed by atoms with van der Waals surface area (Å²) in [6.07, 6.45) is 0. The first-order valence-corrected chi connectivity index (χ1v) is 9.38. The summed E-state index contributed by atoms with van der Waals surface area (Å²) in [6, 6.07) is 5.44. The van der Waals surface area contributed by atoms with E-state index in [-0.39, 0.29) is 42.8 Å². The lowest BCUT2D eigenvalue weighted by Gasteiger charge is -2.30. The average molecular weight is 371 g/mol. The Morgan fingerprint density at radius 3 is 2.63 bits per heavy atom. The van der Waals surface area contributed by atoms with Gasteiger partial charge in [-0.1, -0.05) is 32.0 Å². The van der Waals surface area contributed by atoms with E-state index in [0.29, 0.717) is 0 Å². The quantitative estimate of drug-likeness (QED) is 0.772. The summed E-state index contributed by atoms with van der Waals surface area (Å²) >= 11 is 0. The number of hydrogen-bond acceptors (Lipinski definition) is 5. The fraction of sp³-hybridized carbons (Fsp3) is 0.550. The molecule has 2 saturated heterocycles. The smallest absolute Gasteiger partial charge is 0.250 e. The van der Waals surface area contributed by atoms with Crippen LogP contribution in [0.5, 0.6) is 0 Å². The van der Waals surface area contributed by atoms with Crippen molar-refractivity contribution in [1.29, 1.82) is 0 Å². The van der Waals surface area contributed by atoms with Crippen LogP contribution in [0.15, 0.2) is 18.2 Å². The third kappa shape index (κ3) is 2.24. The second-order valence-corrected chi connectivity index (χ2v) is 8.00. The number of nitrogens with one attached hydrogen (secondary N) is 2. The predicted octanol–water partition coefficient (Wildman–Crippen LogP) is 1.02. The monoisotopic (exact) mass is 371 g/mol. The van der Waals surface area contributed by atoms with Gasteiger partial charge in [0, 0.05) is 24.4 Å². The molecule has 0 saturated carbocycles. The van der Waals surface area contributed by atoms with Crippen molar-refractivity contribution in [2.45, 2.75) is 32.4 Å². The van der Waals surface area contributed by atoms with Crippen molar-refractivity contribution in [3.05, 3.63) is 29.3 Å². The first kappa shape index (κ1) is 18.1. The molecule has 1 aromatic carbocycles. The molecule has 7 nitrogen and oxygen atoms in total. The van der Waals surface area contributed by atoms with Crippen LogP contribution in [-0.4, -0.2) is 48.9 Å². The molecule has 144 valence electrons. The van der Waals surface area contributed by atoms with Crippen LogP contribution in [0.2, 0.25) is 0 Å². The Morgan fingerprint density at radius 1 is 1.22 bits per heavy atom. The molecule has 2 N–H and O–H groups in total. The maximum absolute atomic E-state index is 13.3. The second kappa shape index (κ2) is 6.14. The van der Waals surface area contributed by atoms with Gasteiger partial charge in [0.1, 0.15) is 5.54 Å². The Bertz CT molecular complexity index is 837. The molecule has 0 bridgehead atoms. The number of likely N-dealkylation sites (tertiary alicyclic amines) is 1. The second-order valence-electron chi connectivity index (χ2n) is 8.00. The molecule has 4 unspecified atom stereocenters. The van der Waals surface area contributed by atoms with Crippen LogP contribution in [-0.2, 0) is 24.7 Å². The number of rotatable bonds is 4. The van der Waals surface area contributed by atoms with Gasteiger partial charge in [-0.15, -0.1) is 0 Å². The van der Waals surface area contributed by atoms with E-state index in [9.17, 15) is 14.4 Å². The molecule has 4 atom stereocenters. The number of hydrogen-bond donors (Lipinski definition) is 2. The summed E-state index contributed by atoms with van der Waals surface area (Å²) in [5.74, 6) is -1.94. The van der Waals surface area contributed by atoms with Crippen LogP contribution < -0.4 is 10.6 Å². The van der Waals surface area contributed by atoms with Crippen LogP contribution >= 0.6 is 0 Å². The van der Waals surface area contributed by atoms with Crippen LogP contribution in [0.3, 0.4) is 0 Å². The SMILES string of the molecule is COCCN1C(=O)C2C(C(C)C)NC3(C(=O)Nc4c(C)cccc43)C2C1=O. The number of benzene rings is 1. The summed E-state index contributed by atoms with van der Waals surface area (Å²) < 4.78 is 5.07. The molecular formula is C20H25N3O4. The van der Waals surface area contributed by atoms with Crippen LogP contribution in [0.4, 0.5) is 5.69 Å². The lowest BCUT2D eigenvalue weighted by Crippen LogP contribution is -2.54. The third-order valence-corrected chi connectivity index (χ3v) is 6.22. The number of methoxy groups -OCH3 is 1. The summed E-state index contributed by atoms with van der Waals surface area (Å²) in [4.78, 5) is 40.9. The van der Waals surface area contributed by atoms with E-state index in [1.165, 1.54) is 12.0 Å². The Morgan fingerprint density at radius 2 is 1.96 bits per heavy atom. The molecule has 2 fully saturated rings. The number of ether oxygens (including phenoxy) is 1. The number of para-hydroxylation sites is 1. The van der Waals surface area contributed by atoms with Gasteiger partial charge in [0.2, 0.25) is 17.7 Å². The molecule has 3 aliphatic heterocycles. The van der Waals surface area contributed by atoms with Gasteiger partial charge in [-0.3, -0.25) is 24.6 Å². The van der Waals surface area contributed by atoms with Gasteiger partial charge in [0.05, 0.1) is 25.0 Å². The van der Waals surface area contributed by atoms with Crippen molar-refractivity contribution in [1.82, 2.24) is 10.2 Å². The normalized spacial score (nSPS) is 31.8. The van der Waals surface area contributed by atoms with E-state index in [1.54, 1.807) is 0 Å². The molecule has 3 aliphatic rings. The van der Waals surface area contributed by atoms with Crippen molar-refractivity contribution in [2.75, 3.05) is 25.6 Å². The van der Waals surface area contributed by atoms with E-state index in [0.717, 1.165) is 16.8 Å². The van der Waals surface area contributed by atoms with Gasteiger partial charge in [-0.05, 0) is 18.4 Å². The number of fused-ring (bicyclic) bond motifs is 4. The summed E-state index contributed by atoms with van der Waals surface area (Å²) in [5.41, 5.74) is 1.25. The minimum Gasteiger partial charge on any atom is -0.383 e. The van der Waals surface area contributed by atoms with Crippen molar-refractivity contribution in [2.24, 2.45) is 17.8 Å². The molecule has 7 heteroatoms. The van der Waals surface area contributed by atoms with Crippen molar-refractivity contribution < 1.29 is 19.1 Å². The number of amides is 3. The first-order valence-electron chi connectivity index (χ1n) is 9.38.